The number of hydrogen-bond donors (Lipinski definition) is 0. The molecule has 1 aromatic rings. The fourth-order valence-corrected chi connectivity index (χ4v) is 1.59. The Labute approximate surface area is 95.4 Å². The predicted octanol–water partition coefficient (Wildman–Crippen LogP) is 2.00. The molecule has 0 saturated carbocycles. The highest BCUT2D eigenvalue weighted by atomic mass is 16.5. The summed E-state index contributed by atoms with van der Waals surface area (Å²) in [4.78, 5) is 22.6. The largest absolute Gasteiger partial charge is 0.468 e. The van der Waals surface area contributed by atoms with Crippen LogP contribution >= 0.6 is 0 Å². The summed E-state index contributed by atoms with van der Waals surface area (Å²) in [7, 11) is 1.31. The first-order valence-electron chi connectivity index (χ1n) is 5.27. The molecular weight excluding hydrogens is 204 g/mol. The zero-order valence-corrected chi connectivity index (χ0v) is 9.60. The van der Waals surface area contributed by atoms with Gasteiger partial charge in [-0.3, -0.25) is 9.59 Å². The van der Waals surface area contributed by atoms with E-state index in [0.717, 1.165) is 5.56 Å². The van der Waals surface area contributed by atoms with E-state index in [-0.39, 0.29) is 5.78 Å². The van der Waals surface area contributed by atoms with Gasteiger partial charge in [-0.1, -0.05) is 30.3 Å². The van der Waals surface area contributed by atoms with Crippen molar-refractivity contribution in [3.8, 4) is 0 Å². The molecule has 1 aromatic carbocycles. The normalized spacial score (nSPS) is 11.9. The molecule has 0 N–H and O–H groups in total. The second-order valence-electron chi connectivity index (χ2n) is 3.71. The Kier molecular flexibility index (Phi) is 4.70. The quantitative estimate of drug-likeness (QED) is 0.563. The minimum Gasteiger partial charge on any atom is -0.468 e. The van der Waals surface area contributed by atoms with E-state index in [2.05, 4.69) is 4.74 Å². The fraction of sp³-hybridized carbons (Fsp3) is 0.385. The fourth-order valence-electron chi connectivity index (χ4n) is 1.59. The van der Waals surface area contributed by atoms with Crippen LogP contribution in [0.5, 0.6) is 0 Å². The Morgan fingerprint density at radius 2 is 1.88 bits per heavy atom. The lowest BCUT2D eigenvalue weighted by Crippen LogP contribution is -2.23. The Hall–Kier alpha value is -1.64. The van der Waals surface area contributed by atoms with Gasteiger partial charge in [-0.05, 0) is 25.3 Å². The van der Waals surface area contributed by atoms with E-state index in [1.54, 1.807) is 0 Å². The van der Waals surface area contributed by atoms with Crippen LogP contribution in [0.25, 0.3) is 0 Å². The number of ether oxygens (including phenoxy) is 1. The maximum atomic E-state index is 11.3. The zero-order chi connectivity index (χ0) is 12.0. The summed E-state index contributed by atoms with van der Waals surface area (Å²) in [6.07, 6.45) is 1.21. The van der Waals surface area contributed by atoms with Gasteiger partial charge in [0.25, 0.3) is 0 Å². The Balaban J connectivity index is 2.57. The van der Waals surface area contributed by atoms with Crippen molar-refractivity contribution in [1.82, 2.24) is 0 Å². The van der Waals surface area contributed by atoms with Gasteiger partial charge in [-0.25, -0.2) is 0 Å². The van der Waals surface area contributed by atoms with Gasteiger partial charge in [-0.2, -0.15) is 0 Å². The van der Waals surface area contributed by atoms with Crippen LogP contribution in [0.1, 0.15) is 18.9 Å². The molecule has 0 heterocycles. The lowest BCUT2D eigenvalue weighted by atomic mass is 9.96. The van der Waals surface area contributed by atoms with Gasteiger partial charge in [0.2, 0.25) is 0 Å². The van der Waals surface area contributed by atoms with Crippen molar-refractivity contribution in [3.63, 3.8) is 0 Å². The van der Waals surface area contributed by atoms with E-state index in [1.807, 2.05) is 30.3 Å². The van der Waals surface area contributed by atoms with Gasteiger partial charge >= 0.3 is 5.97 Å². The van der Waals surface area contributed by atoms with Crippen LogP contribution in [0.15, 0.2) is 30.3 Å². The Bertz CT molecular complexity index is 357. The van der Waals surface area contributed by atoms with Crippen molar-refractivity contribution in [2.24, 2.45) is 5.92 Å². The number of Topliss-reactive ketones (excluding diaryl/α,β-unsaturated/α-hetero) is 1. The molecule has 1 rings (SSSR count). The molecule has 0 spiro atoms. The van der Waals surface area contributed by atoms with Crippen LogP contribution in [0, 0.1) is 5.92 Å². The van der Waals surface area contributed by atoms with Crippen LogP contribution < -0.4 is 0 Å². The summed E-state index contributed by atoms with van der Waals surface area (Å²) in [5.74, 6) is -1.21. The molecule has 0 radical (unpaired) electrons. The number of esters is 1. The molecule has 0 fully saturated rings. The Morgan fingerprint density at radius 1 is 1.25 bits per heavy atom. The first-order chi connectivity index (χ1) is 7.65. The number of aryl methyl sites for hydroxylation is 1. The number of methoxy groups -OCH3 is 1. The topological polar surface area (TPSA) is 43.4 Å². The van der Waals surface area contributed by atoms with Crippen molar-refractivity contribution in [2.75, 3.05) is 7.11 Å². The molecule has 0 aliphatic carbocycles. The second-order valence-corrected chi connectivity index (χ2v) is 3.71. The molecule has 1 atom stereocenters. The monoisotopic (exact) mass is 220 g/mol. The molecule has 0 aliphatic heterocycles. The Morgan fingerprint density at radius 3 is 2.38 bits per heavy atom. The standard InChI is InChI=1S/C13H16O3/c1-10(14)12(13(15)16-2)9-8-11-6-4-3-5-7-11/h3-7,12H,8-9H2,1-2H3. The highest BCUT2D eigenvalue weighted by Gasteiger charge is 2.23. The summed E-state index contributed by atoms with van der Waals surface area (Å²) < 4.78 is 4.60. The predicted molar refractivity (Wildman–Crippen MR) is 61.0 cm³/mol. The van der Waals surface area contributed by atoms with E-state index in [9.17, 15) is 9.59 Å². The maximum Gasteiger partial charge on any atom is 0.316 e. The minimum absolute atomic E-state index is 0.136. The minimum atomic E-state index is -0.634. The van der Waals surface area contributed by atoms with Crippen LogP contribution in [0.4, 0.5) is 0 Å². The van der Waals surface area contributed by atoms with E-state index in [0.29, 0.717) is 12.8 Å². The summed E-state index contributed by atoms with van der Waals surface area (Å²) in [5, 5.41) is 0. The molecule has 0 bridgehead atoms. The molecule has 0 aromatic heterocycles. The summed E-state index contributed by atoms with van der Waals surface area (Å²) >= 11 is 0. The zero-order valence-electron chi connectivity index (χ0n) is 9.60. The molecule has 3 nitrogen and oxygen atoms in total. The van der Waals surface area contributed by atoms with E-state index in [4.69, 9.17) is 0 Å². The van der Waals surface area contributed by atoms with Crippen LogP contribution in [0.2, 0.25) is 0 Å². The third-order valence-corrected chi connectivity index (χ3v) is 2.54. The molecule has 0 aliphatic rings. The van der Waals surface area contributed by atoms with Gasteiger partial charge < -0.3 is 4.74 Å². The number of carbonyl (C=O) groups is 2. The van der Waals surface area contributed by atoms with E-state index < -0.39 is 11.9 Å². The van der Waals surface area contributed by atoms with Crippen LogP contribution in [-0.2, 0) is 20.7 Å². The second kappa shape index (κ2) is 6.05. The van der Waals surface area contributed by atoms with Gasteiger partial charge in [0.15, 0.2) is 0 Å². The third kappa shape index (κ3) is 3.50. The molecular formula is C13H16O3. The molecule has 0 saturated heterocycles. The number of carbonyl (C=O) groups excluding carboxylic acids is 2. The molecule has 86 valence electrons. The summed E-state index contributed by atoms with van der Waals surface area (Å²) in [5.41, 5.74) is 1.12. The van der Waals surface area contributed by atoms with Crippen LogP contribution in [-0.4, -0.2) is 18.9 Å². The lowest BCUT2D eigenvalue weighted by molar-refractivity contribution is -0.149. The average molecular weight is 220 g/mol. The highest BCUT2D eigenvalue weighted by Crippen LogP contribution is 2.12. The molecule has 1 unspecified atom stereocenters. The van der Waals surface area contributed by atoms with Gasteiger partial charge in [0.1, 0.15) is 11.7 Å². The first kappa shape index (κ1) is 12.4. The van der Waals surface area contributed by atoms with Gasteiger partial charge in [0.05, 0.1) is 7.11 Å². The van der Waals surface area contributed by atoms with E-state index in [1.165, 1.54) is 14.0 Å². The van der Waals surface area contributed by atoms with Gasteiger partial charge in [0, 0.05) is 0 Å². The SMILES string of the molecule is COC(=O)C(CCc1ccccc1)C(C)=O. The summed E-state index contributed by atoms with van der Waals surface area (Å²) in [6.45, 7) is 1.42. The smallest absolute Gasteiger partial charge is 0.316 e. The number of rotatable bonds is 5. The van der Waals surface area contributed by atoms with Crippen molar-refractivity contribution in [3.05, 3.63) is 35.9 Å². The van der Waals surface area contributed by atoms with Crippen molar-refractivity contribution in [1.29, 1.82) is 0 Å². The number of ketones is 1. The molecule has 3 heteroatoms. The molecule has 16 heavy (non-hydrogen) atoms. The number of hydrogen-bond acceptors (Lipinski definition) is 3. The average Bonchev–Trinajstić information content (AvgIpc) is 2.30. The summed E-state index contributed by atoms with van der Waals surface area (Å²) in [6, 6.07) is 9.78. The van der Waals surface area contributed by atoms with Crippen LogP contribution in [0.3, 0.4) is 0 Å². The lowest BCUT2D eigenvalue weighted by Gasteiger charge is -2.10. The van der Waals surface area contributed by atoms with E-state index >= 15 is 0 Å². The van der Waals surface area contributed by atoms with Gasteiger partial charge in [-0.15, -0.1) is 0 Å². The maximum absolute atomic E-state index is 11.3. The number of benzene rings is 1. The van der Waals surface area contributed by atoms with Crippen molar-refractivity contribution >= 4 is 11.8 Å². The van der Waals surface area contributed by atoms with Crippen molar-refractivity contribution in [2.45, 2.75) is 19.8 Å². The highest BCUT2D eigenvalue weighted by molar-refractivity contribution is 5.97. The third-order valence-electron chi connectivity index (χ3n) is 2.54. The van der Waals surface area contributed by atoms with Crippen molar-refractivity contribution < 1.29 is 14.3 Å². The first-order valence-corrected chi connectivity index (χ1v) is 5.27. The molecule has 0 amide bonds.